The summed E-state index contributed by atoms with van der Waals surface area (Å²) < 4.78 is 5.43. The van der Waals surface area contributed by atoms with Gasteiger partial charge in [-0.15, -0.1) is 22.9 Å². The molecule has 0 N–H and O–H groups in total. The first-order chi connectivity index (χ1) is 7.70. The lowest BCUT2D eigenvalue weighted by atomic mass is 10.3. The summed E-state index contributed by atoms with van der Waals surface area (Å²) in [4.78, 5) is 15.9. The van der Waals surface area contributed by atoms with Gasteiger partial charge in [0.2, 0.25) is 0 Å². The number of carbonyl (C=O) groups is 1. The molecule has 3 nitrogen and oxygen atoms in total. The van der Waals surface area contributed by atoms with Crippen LogP contribution in [0.3, 0.4) is 0 Å². The molecular weight excluding hydrogens is 246 g/mol. The quantitative estimate of drug-likeness (QED) is 0.762. The van der Waals surface area contributed by atoms with Crippen LogP contribution in [0.2, 0.25) is 0 Å². The van der Waals surface area contributed by atoms with E-state index in [2.05, 4.69) is 0 Å². The molecule has 5 heteroatoms. The lowest BCUT2D eigenvalue weighted by molar-refractivity contribution is -0.0106. The van der Waals surface area contributed by atoms with Gasteiger partial charge in [-0.25, -0.2) is 0 Å². The van der Waals surface area contributed by atoms with Gasteiger partial charge in [0.25, 0.3) is 5.91 Å². The van der Waals surface area contributed by atoms with Crippen LogP contribution in [-0.2, 0) is 4.74 Å². The van der Waals surface area contributed by atoms with Crippen LogP contribution in [0.15, 0.2) is 12.1 Å². The van der Waals surface area contributed by atoms with E-state index in [1.807, 2.05) is 24.0 Å². The van der Waals surface area contributed by atoms with E-state index in [1.165, 1.54) is 11.3 Å². The molecule has 2 rings (SSSR count). The Hall–Kier alpha value is -0.580. The molecule has 1 amide bonds. The summed E-state index contributed by atoms with van der Waals surface area (Å²) in [6.45, 7) is 3.83. The highest BCUT2D eigenvalue weighted by molar-refractivity contribution is 7.13. The van der Waals surface area contributed by atoms with E-state index in [0.717, 1.165) is 9.75 Å². The molecule has 0 saturated carbocycles. The van der Waals surface area contributed by atoms with Crippen molar-refractivity contribution in [1.29, 1.82) is 0 Å². The summed E-state index contributed by atoms with van der Waals surface area (Å²) >= 11 is 7.27. The van der Waals surface area contributed by atoms with E-state index >= 15 is 0 Å². The smallest absolute Gasteiger partial charge is 0.264 e. The van der Waals surface area contributed by atoms with Gasteiger partial charge < -0.3 is 9.64 Å². The fraction of sp³-hybridized carbons (Fsp3) is 0.545. The van der Waals surface area contributed by atoms with Crippen LogP contribution in [-0.4, -0.2) is 42.5 Å². The van der Waals surface area contributed by atoms with Crippen molar-refractivity contribution < 1.29 is 9.53 Å². The Morgan fingerprint density at radius 3 is 3.12 bits per heavy atom. The van der Waals surface area contributed by atoms with Gasteiger partial charge in [0.15, 0.2) is 0 Å². The second kappa shape index (κ2) is 5.17. The Morgan fingerprint density at radius 2 is 2.50 bits per heavy atom. The van der Waals surface area contributed by atoms with Gasteiger partial charge in [0.1, 0.15) is 0 Å². The first-order valence-electron chi connectivity index (χ1n) is 5.24. The third-order valence-corrected chi connectivity index (χ3v) is 3.88. The Balaban J connectivity index is 2.04. The predicted molar refractivity (Wildman–Crippen MR) is 65.4 cm³/mol. The van der Waals surface area contributed by atoms with E-state index < -0.39 is 0 Å². The van der Waals surface area contributed by atoms with Crippen LogP contribution in [0.5, 0.6) is 0 Å². The molecule has 1 fully saturated rings. The summed E-state index contributed by atoms with van der Waals surface area (Å²) in [7, 11) is 0. The largest absolute Gasteiger partial charge is 0.373 e. The first kappa shape index (κ1) is 11.9. The third-order valence-electron chi connectivity index (χ3n) is 2.55. The maximum absolute atomic E-state index is 12.1. The van der Waals surface area contributed by atoms with Crippen LogP contribution in [0.25, 0.3) is 0 Å². The standard InChI is InChI=1S/C11H14ClNO2S/c1-8-2-3-10(16-8)11(14)13-4-5-15-9(6-12)7-13/h2-3,9H,4-7H2,1H3. The minimum absolute atomic E-state index is 0.0274. The van der Waals surface area contributed by atoms with Crippen molar-refractivity contribution >= 4 is 28.8 Å². The normalized spacial score (nSPS) is 21.1. The molecule has 0 spiro atoms. The highest BCUT2D eigenvalue weighted by atomic mass is 35.5. The average molecular weight is 260 g/mol. The van der Waals surface area contributed by atoms with Crippen molar-refractivity contribution in [3.05, 3.63) is 21.9 Å². The Labute approximate surface area is 104 Å². The van der Waals surface area contributed by atoms with Crippen molar-refractivity contribution in [2.45, 2.75) is 13.0 Å². The van der Waals surface area contributed by atoms with E-state index in [9.17, 15) is 4.79 Å². The van der Waals surface area contributed by atoms with E-state index in [0.29, 0.717) is 25.6 Å². The van der Waals surface area contributed by atoms with E-state index in [4.69, 9.17) is 16.3 Å². The van der Waals surface area contributed by atoms with Crippen LogP contribution in [0, 0.1) is 6.92 Å². The van der Waals surface area contributed by atoms with Crippen LogP contribution >= 0.6 is 22.9 Å². The molecule has 0 aromatic carbocycles. The average Bonchev–Trinajstić information content (AvgIpc) is 2.75. The Kier molecular flexibility index (Phi) is 3.84. The number of rotatable bonds is 2. The number of ether oxygens (including phenoxy) is 1. The number of halogens is 1. The number of aryl methyl sites for hydroxylation is 1. The van der Waals surface area contributed by atoms with Gasteiger partial charge in [0, 0.05) is 18.0 Å². The van der Waals surface area contributed by atoms with Gasteiger partial charge in [-0.05, 0) is 19.1 Å². The zero-order valence-electron chi connectivity index (χ0n) is 9.11. The highest BCUT2D eigenvalue weighted by Gasteiger charge is 2.25. The molecule has 1 aromatic rings. The molecule has 2 heterocycles. The van der Waals surface area contributed by atoms with Crippen molar-refractivity contribution in [1.82, 2.24) is 4.90 Å². The van der Waals surface area contributed by atoms with Gasteiger partial charge in [-0.2, -0.15) is 0 Å². The second-order valence-corrected chi connectivity index (χ2v) is 5.41. The number of carbonyl (C=O) groups excluding carboxylic acids is 1. The van der Waals surface area contributed by atoms with Gasteiger partial charge >= 0.3 is 0 Å². The molecule has 0 radical (unpaired) electrons. The third kappa shape index (κ3) is 2.56. The second-order valence-electron chi connectivity index (χ2n) is 3.81. The lowest BCUT2D eigenvalue weighted by Crippen LogP contribution is -2.46. The van der Waals surface area contributed by atoms with Gasteiger partial charge in [-0.3, -0.25) is 4.79 Å². The SMILES string of the molecule is Cc1ccc(C(=O)N2CCOC(CCl)C2)s1. The zero-order valence-corrected chi connectivity index (χ0v) is 10.7. The predicted octanol–water partition coefficient (Wildman–Crippen LogP) is 2.14. The molecule has 1 saturated heterocycles. The van der Waals surface area contributed by atoms with E-state index in [-0.39, 0.29) is 12.0 Å². The molecule has 88 valence electrons. The summed E-state index contributed by atoms with van der Waals surface area (Å²) in [6.07, 6.45) is -0.0274. The van der Waals surface area contributed by atoms with Crippen molar-refractivity contribution in [2.75, 3.05) is 25.6 Å². The van der Waals surface area contributed by atoms with Crippen molar-refractivity contribution in [2.24, 2.45) is 0 Å². The number of nitrogens with zero attached hydrogens (tertiary/aromatic N) is 1. The summed E-state index contributed by atoms with van der Waals surface area (Å²) in [5, 5.41) is 0. The summed E-state index contributed by atoms with van der Waals surface area (Å²) in [5.74, 6) is 0.532. The van der Waals surface area contributed by atoms with Gasteiger partial charge in [0.05, 0.1) is 23.5 Å². The molecule has 1 aliphatic heterocycles. The monoisotopic (exact) mass is 259 g/mol. The number of hydrogen-bond acceptors (Lipinski definition) is 3. The molecule has 1 unspecified atom stereocenters. The topological polar surface area (TPSA) is 29.5 Å². The number of amides is 1. The fourth-order valence-corrected chi connectivity index (χ4v) is 2.72. The molecular formula is C11H14ClNO2S. The molecule has 16 heavy (non-hydrogen) atoms. The van der Waals surface area contributed by atoms with Crippen molar-refractivity contribution in [3.8, 4) is 0 Å². The highest BCUT2D eigenvalue weighted by Crippen LogP contribution is 2.18. The number of alkyl halides is 1. The number of hydrogen-bond donors (Lipinski definition) is 0. The summed E-state index contributed by atoms with van der Waals surface area (Å²) in [5.41, 5.74) is 0. The Bertz CT molecular complexity index is 380. The van der Waals surface area contributed by atoms with Crippen LogP contribution in [0.4, 0.5) is 0 Å². The maximum atomic E-state index is 12.1. The number of morpholine rings is 1. The maximum Gasteiger partial charge on any atom is 0.264 e. The summed E-state index contributed by atoms with van der Waals surface area (Å²) in [6, 6.07) is 3.85. The molecule has 0 bridgehead atoms. The number of thiophene rings is 1. The van der Waals surface area contributed by atoms with E-state index in [1.54, 1.807) is 0 Å². The van der Waals surface area contributed by atoms with Gasteiger partial charge in [-0.1, -0.05) is 0 Å². The Morgan fingerprint density at radius 1 is 1.69 bits per heavy atom. The van der Waals surface area contributed by atoms with Crippen LogP contribution < -0.4 is 0 Å². The molecule has 1 aromatic heterocycles. The minimum atomic E-state index is -0.0274. The molecule has 0 aliphatic carbocycles. The van der Waals surface area contributed by atoms with Crippen molar-refractivity contribution in [3.63, 3.8) is 0 Å². The first-order valence-corrected chi connectivity index (χ1v) is 6.59. The molecule has 1 atom stereocenters. The van der Waals surface area contributed by atoms with Crippen LogP contribution in [0.1, 0.15) is 14.5 Å². The lowest BCUT2D eigenvalue weighted by Gasteiger charge is -2.31. The fourth-order valence-electron chi connectivity index (χ4n) is 1.70. The zero-order chi connectivity index (χ0) is 11.5. The minimum Gasteiger partial charge on any atom is -0.373 e. The molecule has 1 aliphatic rings.